The van der Waals surface area contributed by atoms with Gasteiger partial charge < -0.3 is 9.47 Å². The second-order valence-electron chi connectivity index (χ2n) is 2.54. The summed E-state index contributed by atoms with van der Waals surface area (Å²) in [6.45, 7) is 4.67. The van der Waals surface area contributed by atoms with Gasteiger partial charge in [0.1, 0.15) is 6.10 Å². The summed E-state index contributed by atoms with van der Waals surface area (Å²) in [4.78, 5) is 0. The molecule has 0 bridgehead atoms. The lowest BCUT2D eigenvalue weighted by Gasteiger charge is -1.76. The lowest BCUT2D eigenvalue weighted by Crippen LogP contribution is -1.74. The largest absolute Gasteiger partial charge is 0.381 e. The Kier molecular flexibility index (Phi) is 4.03. The fourth-order valence-corrected chi connectivity index (χ4v) is 0.803. The van der Waals surface area contributed by atoms with Crippen molar-refractivity contribution in [2.24, 2.45) is 0 Å². The summed E-state index contributed by atoms with van der Waals surface area (Å²) in [5.41, 5.74) is 0. The van der Waals surface area contributed by atoms with Crippen LogP contribution in [0.5, 0.6) is 0 Å². The van der Waals surface area contributed by atoms with Gasteiger partial charge in [0.15, 0.2) is 0 Å². The highest BCUT2D eigenvalue weighted by molar-refractivity contribution is 5.07. The van der Waals surface area contributed by atoms with E-state index in [1.807, 2.05) is 6.92 Å². The predicted octanol–water partition coefficient (Wildman–Crippen LogP) is 1.21. The van der Waals surface area contributed by atoms with Crippen molar-refractivity contribution in [3.63, 3.8) is 0 Å². The third-order valence-electron chi connectivity index (χ3n) is 1.47. The summed E-state index contributed by atoms with van der Waals surface area (Å²) < 4.78 is 9.72. The van der Waals surface area contributed by atoms with Crippen molar-refractivity contribution in [3.8, 4) is 11.8 Å². The van der Waals surface area contributed by atoms with Crippen LogP contribution < -0.4 is 0 Å². The molecule has 1 atom stereocenters. The van der Waals surface area contributed by atoms with Gasteiger partial charge in [0.2, 0.25) is 0 Å². The van der Waals surface area contributed by atoms with Gasteiger partial charge in [0, 0.05) is 13.2 Å². The maximum absolute atomic E-state index is 4.94. The Balaban J connectivity index is 0.000000112. The molecule has 2 fully saturated rings. The van der Waals surface area contributed by atoms with Crippen LogP contribution in [0.1, 0.15) is 19.8 Å². The van der Waals surface area contributed by atoms with Gasteiger partial charge in [-0.3, -0.25) is 0 Å². The predicted molar refractivity (Wildman–Crippen MR) is 43.2 cm³/mol. The molecule has 0 N–H and O–H groups in total. The summed E-state index contributed by atoms with van der Waals surface area (Å²) in [6.07, 6.45) is 2.84. The molecule has 0 amide bonds. The summed E-state index contributed by atoms with van der Waals surface area (Å²) in [5, 5.41) is 0. The van der Waals surface area contributed by atoms with Crippen molar-refractivity contribution in [2.75, 3.05) is 19.8 Å². The maximum Gasteiger partial charge on any atom is 0.141 e. The molecule has 0 aliphatic carbocycles. The number of epoxide rings is 1. The normalized spacial score (nSPS) is 26.1. The van der Waals surface area contributed by atoms with Crippen LogP contribution in [0.3, 0.4) is 0 Å². The molecule has 2 heterocycles. The third-order valence-corrected chi connectivity index (χ3v) is 1.47. The first-order valence-electron chi connectivity index (χ1n) is 4.05. The number of hydrogen-bond acceptors (Lipinski definition) is 2. The van der Waals surface area contributed by atoms with Gasteiger partial charge in [-0.25, -0.2) is 0 Å². The minimum atomic E-state index is 0.287. The fraction of sp³-hybridized carbons (Fsp3) is 0.778. The quantitative estimate of drug-likeness (QED) is 0.386. The maximum atomic E-state index is 4.94. The van der Waals surface area contributed by atoms with Crippen molar-refractivity contribution >= 4 is 0 Å². The second kappa shape index (κ2) is 5.17. The molecule has 11 heavy (non-hydrogen) atoms. The minimum Gasteiger partial charge on any atom is -0.381 e. The average molecular weight is 154 g/mol. The summed E-state index contributed by atoms with van der Waals surface area (Å²) >= 11 is 0. The van der Waals surface area contributed by atoms with Crippen LogP contribution in [0.2, 0.25) is 0 Å². The monoisotopic (exact) mass is 154 g/mol. The van der Waals surface area contributed by atoms with Gasteiger partial charge in [0.25, 0.3) is 0 Å². The Morgan fingerprint density at radius 3 is 2.09 bits per heavy atom. The molecule has 0 aromatic rings. The van der Waals surface area contributed by atoms with Crippen LogP contribution in [0, 0.1) is 11.8 Å². The zero-order valence-electron chi connectivity index (χ0n) is 6.93. The molecule has 0 saturated carbocycles. The average Bonchev–Trinajstić information content (AvgIpc) is 2.68. The van der Waals surface area contributed by atoms with Crippen LogP contribution >= 0.6 is 0 Å². The molecular weight excluding hydrogens is 140 g/mol. The van der Waals surface area contributed by atoms with Crippen LogP contribution in [-0.2, 0) is 9.47 Å². The van der Waals surface area contributed by atoms with E-state index in [0.29, 0.717) is 0 Å². The Morgan fingerprint density at radius 1 is 1.27 bits per heavy atom. The molecule has 2 aliphatic rings. The zero-order valence-corrected chi connectivity index (χ0v) is 6.93. The first-order valence-corrected chi connectivity index (χ1v) is 4.05. The Bertz CT molecular complexity index is 139. The van der Waals surface area contributed by atoms with Crippen LogP contribution in [0.25, 0.3) is 0 Å². The molecule has 0 radical (unpaired) electrons. The molecule has 0 aromatic carbocycles. The van der Waals surface area contributed by atoms with E-state index in [2.05, 4.69) is 11.8 Å². The molecule has 2 aliphatic heterocycles. The van der Waals surface area contributed by atoms with Crippen molar-refractivity contribution in [1.82, 2.24) is 0 Å². The SMILES string of the molecule is C1CCOC1.CC#CC1CO1. The highest BCUT2D eigenvalue weighted by atomic mass is 16.6. The van der Waals surface area contributed by atoms with Crippen LogP contribution in [-0.4, -0.2) is 25.9 Å². The van der Waals surface area contributed by atoms with Crippen molar-refractivity contribution < 1.29 is 9.47 Å². The van der Waals surface area contributed by atoms with E-state index in [0.717, 1.165) is 19.8 Å². The lowest BCUT2D eigenvalue weighted by atomic mass is 10.4. The number of ether oxygens (including phenoxy) is 2. The van der Waals surface area contributed by atoms with E-state index in [1.54, 1.807) is 0 Å². The Morgan fingerprint density at radius 2 is 1.91 bits per heavy atom. The van der Waals surface area contributed by atoms with E-state index < -0.39 is 0 Å². The van der Waals surface area contributed by atoms with Gasteiger partial charge in [-0.1, -0.05) is 5.92 Å². The molecule has 1 unspecified atom stereocenters. The summed E-state index contributed by atoms with van der Waals surface area (Å²) in [7, 11) is 0. The van der Waals surface area contributed by atoms with E-state index in [4.69, 9.17) is 9.47 Å². The zero-order chi connectivity index (χ0) is 7.94. The van der Waals surface area contributed by atoms with Crippen molar-refractivity contribution in [2.45, 2.75) is 25.9 Å². The molecular formula is C9H14O2. The Hall–Kier alpha value is -0.520. The van der Waals surface area contributed by atoms with Gasteiger partial charge in [-0.2, -0.15) is 0 Å². The fourth-order valence-electron chi connectivity index (χ4n) is 0.803. The number of hydrogen-bond donors (Lipinski definition) is 0. The molecule has 2 rings (SSSR count). The highest BCUT2D eigenvalue weighted by Crippen LogP contribution is 2.04. The van der Waals surface area contributed by atoms with Crippen LogP contribution in [0.4, 0.5) is 0 Å². The number of rotatable bonds is 0. The molecule has 2 saturated heterocycles. The molecule has 62 valence electrons. The first kappa shape index (κ1) is 8.58. The third kappa shape index (κ3) is 4.83. The van der Waals surface area contributed by atoms with Gasteiger partial charge in [0.05, 0.1) is 6.61 Å². The van der Waals surface area contributed by atoms with Crippen molar-refractivity contribution in [1.29, 1.82) is 0 Å². The van der Waals surface area contributed by atoms with Gasteiger partial charge in [-0.15, -0.1) is 5.92 Å². The Labute approximate surface area is 67.9 Å². The smallest absolute Gasteiger partial charge is 0.141 e. The molecule has 2 nitrogen and oxygen atoms in total. The summed E-state index contributed by atoms with van der Waals surface area (Å²) in [5.74, 6) is 5.60. The van der Waals surface area contributed by atoms with E-state index >= 15 is 0 Å². The molecule has 0 aromatic heterocycles. The van der Waals surface area contributed by atoms with Crippen LogP contribution in [0.15, 0.2) is 0 Å². The van der Waals surface area contributed by atoms with Gasteiger partial charge in [-0.05, 0) is 19.8 Å². The van der Waals surface area contributed by atoms with E-state index in [1.165, 1.54) is 12.8 Å². The first-order chi connectivity index (χ1) is 5.43. The van der Waals surface area contributed by atoms with E-state index in [-0.39, 0.29) is 6.10 Å². The lowest BCUT2D eigenvalue weighted by molar-refractivity contribution is 0.198. The van der Waals surface area contributed by atoms with Gasteiger partial charge >= 0.3 is 0 Å². The highest BCUT2D eigenvalue weighted by Gasteiger charge is 2.17. The van der Waals surface area contributed by atoms with Crippen molar-refractivity contribution in [3.05, 3.63) is 0 Å². The second-order valence-corrected chi connectivity index (χ2v) is 2.54. The molecule has 0 spiro atoms. The minimum absolute atomic E-state index is 0.287. The topological polar surface area (TPSA) is 21.8 Å². The molecule has 2 heteroatoms. The summed E-state index contributed by atoms with van der Waals surface area (Å²) in [6, 6.07) is 0. The van der Waals surface area contributed by atoms with E-state index in [9.17, 15) is 0 Å². The standard InChI is InChI=1S/C5H6O.C4H8O/c1-2-3-5-4-6-5;1-2-4-5-3-1/h5H,4H2,1H3;1-4H2.